The van der Waals surface area contributed by atoms with Gasteiger partial charge in [0.15, 0.2) is 0 Å². The molecule has 0 saturated carbocycles. The first-order chi connectivity index (χ1) is 8.15. The number of hydrogen-bond donors (Lipinski definition) is 1. The molecule has 0 fully saturated rings. The summed E-state index contributed by atoms with van der Waals surface area (Å²) in [4.78, 5) is 10.4. The molecule has 0 amide bonds. The van der Waals surface area contributed by atoms with E-state index in [1.54, 1.807) is 24.3 Å². The van der Waals surface area contributed by atoms with Crippen LogP contribution in [-0.2, 0) is 4.79 Å². The summed E-state index contributed by atoms with van der Waals surface area (Å²) in [6, 6.07) is 6.93. The van der Waals surface area contributed by atoms with E-state index in [0.717, 1.165) is 17.3 Å². The van der Waals surface area contributed by atoms with Crippen LogP contribution >= 0.6 is 23.4 Å². The van der Waals surface area contributed by atoms with E-state index in [1.165, 1.54) is 0 Å². The van der Waals surface area contributed by atoms with Gasteiger partial charge in [0.05, 0.1) is 0 Å². The number of carboxylic acid groups (broad SMARTS) is 1. The van der Waals surface area contributed by atoms with Crippen molar-refractivity contribution in [1.29, 1.82) is 0 Å². The molecule has 0 aliphatic rings. The van der Waals surface area contributed by atoms with Crippen molar-refractivity contribution in [2.24, 2.45) is 0 Å². The normalized spacial score (nSPS) is 10.4. The van der Waals surface area contributed by atoms with Gasteiger partial charge >= 0.3 is 5.97 Å². The predicted molar refractivity (Wildman–Crippen MR) is 63.1 cm³/mol. The third-order valence-corrected chi connectivity index (χ3v) is 2.87. The quantitative estimate of drug-likeness (QED) is 0.861. The Bertz CT molecular complexity index is 527. The average molecular weight is 271 g/mol. The molecule has 0 radical (unpaired) electrons. The fourth-order valence-electron chi connectivity index (χ4n) is 1.10. The fraction of sp³-hybridized carbons (Fsp3) is 0.100. The van der Waals surface area contributed by atoms with E-state index in [2.05, 4.69) is 10.2 Å². The molecule has 0 aliphatic heterocycles. The maximum absolute atomic E-state index is 10.4. The second-order valence-electron chi connectivity index (χ2n) is 3.06. The Hall–Kier alpha value is -1.53. The standard InChI is InChI=1S/C10H7ClN2O3S/c11-7-3-1-6(2-4-7)9-12-13-10(16-9)17-5-8(14)15/h1-4H,5H2,(H,14,15). The minimum atomic E-state index is -0.929. The van der Waals surface area contributed by atoms with Gasteiger partial charge in [-0.15, -0.1) is 10.2 Å². The van der Waals surface area contributed by atoms with Crippen molar-refractivity contribution in [2.45, 2.75) is 5.22 Å². The van der Waals surface area contributed by atoms with E-state index >= 15 is 0 Å². The number of rotatable bonds is 4. The van der Waals surface area contributed by atoms with Crippen LogP contribution in [0.1, 0.15) is 0 Å². The summed E-state index contributed by atoms with van der Waals surface area (Å²) in [5.41, 5.74) is 0.740. The zero-order valence-corrected chi connectivity index (χ0v) is 10.0. The van der Waals surface area contributed by atoms with E-state index in [9.17, 15) is 4.79 Å². The van der Waals surface area contributed by atoms with Crippen LogP contribution in [0.5, 0.6) is 0 Å². The highest BCUT2D eigenvalue weighted by molar-refractivity contribution is 7.99. The second-order valence-corrected chi connectivity index (χ2v) is 4.43. The molecule has 7 heteroatoms. The highest BCUT2D eigenvalue weighted by atomic mass is 35.5. The predicted octanol–water partition coefficient (Wildman–Crippen LogP) is 2.57. The molecular formula is C10H7ClN2O3S. The molecule has 2 aromatic rings. The van der Waals surface area contributed by atoms with Crippen molar-refractivity contribution in [3.8, 4) is 11.5 Å². The molecule has 1 aromatic heterocycles. The summed E-state index contributed by atoms with van der Waals surface area (Å²) in [6.07, 6.45) is 0. The zero-order chi connectivity index (χ0) is 12.3. The summed E-state index contributed by atoms with van der Waals surface area (Å²) in [6.45, 7) is 0. The molecule has 88 valence electrons. The van der Waals surface area contributed by atoms with Crippen LogP contribution < -0.4 is 0 Å². The van der Waals surface area contributed by atoms with E-state index in [0.29, 0.717) is 10.9 Å². The van der Waals surface area contributed by atoms with Crippen molar-refractivity contribution in [2.75, 3.05) is 5.75 Å². The summed E-state index contributed by atoms with van der Waals surface area (Å²) in [5, 5.41) is 16.9. The number of hydrogen-bond acceptors (Lipinski definition) is 5. The molecule has 0 bridgehead atoms. The molecule has 2 rings (SSSR count). The van der Waals surface area contributed by atoms with Crippen LogP contribution in [0, 0.1) is 0 Å². The Morgan fingerprint density at radius 1 is 1.35 bits per heavy atom. The molecule has 1 N–H and O–H groups in total. The zero-order valence-electron chi connectivity index (χ0n) is 8.46. The first kappa shape index (κ1) is 11.9. The maximum atomic E-state index is 10.4. The van der Waals surface area contributed by atoms with Crippen LogP contribution in [0.25, 0.3) is 11.5 Å². The van der Waals surface area contributed by atoms with Gasteiger partial charge in [0.2, 0.25) is 5.89 Å². The lowest BCUT2D eigenvalue weighted by Crippen LogP contribution is -1.97. The van der Waals surface area contributed by atoms with Crippen molar-refractivity contribution < 1.29 is 14.3 Å². The van der Waals surface area contributed by atoms with Crippen molar-refractivity contribution in [3.63, 3.8) is 0 Å². The summed E-state index contributed by atoms with van der Waals surface area (Å²) in [5.74, 6) is -0.696. The van der Waals surface area contributed by atoms with Gasteiger partial charge in [0, 0.05) is 10.6 Å². The average Bonchev–Trinajstić information content (AvgIpc) is 2.76. The van der Waals surface area contributed by atoms with Crippen LogP contribution in [0.3, 0.4) is 0 Å². The Labute approximate surface area is 106 Å². The molecule has 17 heavy (non-hydrogen) atoms. The van der Waals surface area contributed by atoms with Gasteiger partial charge in [-0.25, -0.2) is 0 Å². The first-order valence-corrected chi connectivity index (χ1v) is 5.95. The van der Waals surface area contributed by atoms with Crippen molar-refractivity contribution in [1.82, 2.24) is 10.2 Å². The molecule has 5 nitrogen and oxygen atoms in total. The van der Waals surface area contributed by atoms with Gasteiger partial charge in [0.25, 0.3) is 5.22 Å². The second kappa shape index (κ2) is 5.20. The number of halogens is 1. The van der Waals surface area contributed by atoms with E-state index in [1.807, 2.05) is 0 Å². The lowest BCUT2D eigenvalue weighted by Gasteiger charge is -1.94. The van der Waals surface area contributed by atoms with E-state index in [4.69, 9.17) is 21.1 Å². The van der Waals surface area contributed by atoms with Crippen molar-refractivity contribution >= 4 is 29.3 Å². The number of aliphatic carboxylic acids is 1. The van der Waals surface area contributed by atoms with Gasteiger partial charge in [0.1, 0.15) is 5.75 Å². The van der Waals surface area contributed by atoms with Gasteiger partial charge in [-0.3, -0.25) is 4.79 Å². The Morgan fingerprint density at radius 2 is 2.06 bits per heavy atom. The number of thioether (sulfide) groups is 1. The number of aromatic nitrogens is 2. The topological polar surface area (TPSA) is 76.2 Å². The summed E-state index contributed by atoms with van der Waals surface area (Å²) >= 11 is 6.73. The third kappa shape index (κ3) is 3.21. The van der Waals surface area contributed by atoms with Crippen LogP contribution in [0.2, 0.25) is 5.02 Å². The number of benzene rings is 1. The number of carboxylic acids is 1. The molecule has 1 aromatic carbocycles. The minimum Gasteiger partial charge on any atom is -0.481 e. The molecule has 0 unspecified atom stereocenters. The highest BCUT2D eigenvalue weighted by Crippen LogP contribution is 2.24. The molecule has 0 saturated heterocycles. The van der Waals surface area contributed by atoms with Gasteiger partial charge < -0.3 is 9.52 Å². The van der Waals surface area contributed by atoms with Crippen LogP contribution in [-0.4, -0.2) is 27.0 Å². The highest BCUT2D eigenvalue weighted by Gasteiger charge is 2.10. The molecule has 0 aliphatic carbocycles. The lowest BCUT2D eigenvalue weighted by molar-refractivity contribution is -0.133. The molecule has 1 heterocycles. The molecule has 0 spiro atoms. The maximum Gasteiger partial charge on any atom is 0.314 e. The molecule has 0 atom stereocenters. The Morgan fingerprint density at radius 3 is 2.71 bits per heavy atom. The summed E-state index contributed by atoms with van der Waals surface area (Å²) < 4.78 is 5.29. The number of carbonyl (C=O) groups is 1. The monoisotopic (exact) mass is 270 g/mol. The largest absolute Gasteiger partial charge is 0.481 e. The van der Waals surface area contributed by atoms with Gasteiger partial charge in [-0.05, 0) is 24.3 Å². The van der Waals surface area contributed by atoms with Gasteiger partial charge in [-0.1, -0.05) is 23.4 Å². The van der Waals surface area contributed by atoms with Crippen LogP contribution in [0.15, 0.2) is 33.9 Å². The lowest BCUT2D eigenvalue weighted by atomic mass is 10.2. The first-order valence-electron chi connectivity index (χ1n) is 4.59. The number of nitrogens with zero attached hydrogens (tertiary/aromatic N) is 2. The third-order valence-electron chi connectivity index (χ3n) is 1.82. The SMILES string of the molecule is O=C(O)CSc1nnc(-c2ccc(Cl)cc2)o1. The van der Waals surface area contributed by atoms with E-state index < -0.39 is 5.97 Å². The van der Waals surface area contributed by atoms with Crippen molar-refractivity contribution in [3.05, 3.63) is 29.3 Å². The van der Waals surface area contributed by atoms with Gasteiger partial charge in [-0.2, -0.15) is 0 Å². The van der Waals surface area contributed by atoms with Crippen LogP contribution in [0.4, 0.5) is 0 Å². The minimum absolute atomic E-state index is 0.109. The smallest absolute Gasteiger partial charge is 0.314 e. The molecular weight excluding hydrogens is 264 g/mol. The fourth-order valence-corrected chi connectivity index (χ4v) is 1.71. The van der Waals surface area contributed by atoms with E-state index in [-0.39, 0.29) is 11.0 Å². The Balaban J connectivity index is 2.12. The Kier molecular flexibility index (Phi) is 3.65. The summed E-state index contributed by atoms with van der Waals surface area (Å²) in [7, 11) is 0.